The second-order valence-electron chi connectivity index (χ2n) is 4.74. The molecule has 0 aliphatic carbocycles. The van der Waals surface area contributed by atoms with Crippen molar-refractivity contribution in [1.29, 1.82) is 0 Å². The summed E-state index contributed by atoms with van der Waals surface area (Å²) in [5, 5.41) is 17.9. The van der Waals surface area contributed by atoms with Crippen molar-refractivity contribution in [2.24, 2.45) is 10.2 Å². The molecule has 1 heterocycles. The maximum absolute atomic E-state index is 11.6. The van der Waals surface area contributed by atoms with E-state index in [1.807, 2.05) is 18.7 Å². The highest BCUT2D eigenvalue weighted by Crippen LogP contribution is 2.32. The van der Waals surface area contributed by atoms with Gasteiger partial charge in [-0.05, 0) is 43.4 Å². The molecule has 0 bridgehead atoms. The fourth-order valence-electron chi connectivity index (χ4n) is 2.06. The van der Waals surface area contributed by atoms with Crippen LogP contribution in [0.2, 0.25) is 0 Å². The predicted molar refractivity (Wildman–Crippen MR) is 92.8 cm³/mol. The zero-order chi connectivity index (χ0) is 18.6. The molecule has 1 N–H and O–H groups in total. The fourth-order valence-corrected chi connectivity index (χ4v) is 3.26. The number of hydrogen-bond acceptors (Lipinski definition) is 9. The minimum Gasteiger partial charge on any atom is -0.372 e. The van der Waals surface area contributed by atoms with E-state index in [1.54, 1.807) is 6.07 Å². The molecular formula is C13H15N5O5S2. The summed E-state index contributed by atoms with van der Waals surface area (Å²) in [5.41, 5.74) is 0.526. The maximum Gasteiger partial charge on any atom is 0.345 e. The van der Waals surface area contributed by atoms with Gasteiger partial charge in [0.2, 0.25) is 5.13 Å². The molecule has 0 saturated carbocycles. The van der Waals surface area contributed by atoms with Gasteiger partial charge in [0.1, 0.15) is 16.8 Å². The van der Waals surface area contributed by atoms with Crippen LogP contribution in [0.1, 0.15) is 13.8 Å². The summed E-state index contributed by atoms with van der Waals surface area (Å²) in [4.78, 5) is 15.2. The van der Waals surface area contributed by atoms with E-state index in [0.29, 0.717) is 30.1 Å². The maximum atomic E-state index is 11.6. The van der Waals surface area contributed by atoms with Gasteiger partial charge in [-0.1, -0.05) is 0 Å². The van der Waals surface area contributed by atoms with Gasteiger partial charge in [0, 0.05) is 18.8 Å². The fraction of sp³-hybridized carbons (Fsp3) is 0.308. The molecule has 10 nitrogen and oxygen atoms in total. The van der Waals surface area contributed by atoms with Crippen LogP contribution in [0.4, 0.5) is 21.5 Å². The third kappa shape index (κ3) is 4.55. The molecule has 25 heavy (non-hydrogen) atoms. The van der Waals surface area contributed by atoms with Crippen LogP contribution in [0.25, 0.3) is 0 Å². The number of rotatable bonds is 7. The highest BCUT2D eigenvalue weighted by Gasteiger charge is 2.18. The molecule has 0 aliphatic heterocycles. The van der Waals surface area contributed by atoms with Gasteiger partial charge < -0.3 is 4.90 Å². The van der Waals surface area contributed by atoms with Gasteiger partial charge >= 0.3 is 5.00 Å². The summed E-state index contributed by atoms with van der Waals surface area (Å²) >= 11 is 0.698. The predicted octanol–water partition coefficient (Wildman–Crippen LogP) is 3.56. The van der Waals surface area contributed by atoms with Crippen LogP contribution >= 0.6 is 11.3 Å². The van der Waals surface area contributed by atoms with Gasteiger partial charge in [-0.2, -0.15) is 8.42 Å². The molecular weight excluding hydrogens is 370 g/mol. The molecule has 0 amide bonds. The number of benzene rings is 1. The number of hydrogen-bond donors (Lipinski definition) is 1. The Kier molecular flexibility index (Phi) is 5.77. The van der Waals surface area contributed by atoms with Crippen LogP contribution in [-0.4, -0.2) is 36.0 Å². The summed E-state index contributed by atoms with van der Waals surface area (Å²) in [6.07, 6.45) is 1.03. The summed E-state index contributed by atoms with van der Waals surface area (Å²) in [6.45, 7) is 5.15. The molecule has 0 aliphatic rings. The molecule has 0 fully saturated rings. The Labute approximate surface area is 147 Å². The highest BCUT2D eigenvalue weighted by atomic mass is 32.2. The average molecular weight is 385 g/mol. The number of thiazole rings is 1. The SMILES string of the molecule is CCN(CC)c1ccc(N=Nc2ncc([N+](=O)[O-])s2)c(S(=O)(=O)O)c1. The normalized spacial score (nSPS) is 11.8. The number of nitro groups is 1. The Bertz CT molecular complexity index is 905. The van der Waals surface area contributed by atoms with Crippen molar-refractivity contribution in [3.8, 4) is 0 Å². The highest BCUT2D eigenvalue weighted by molar-refractivity contribution is 7.86. The number of anilines is 1. The van der Waals surface area contributed by atoms with E-state index in [4.69, 9.17) is 0 Å². The van der Waals surface area contributed by atoms with E-state index in [-0.39, 0.29) is 15.8 Å². The van der Waals surface area contributed by atoms with Gasteiger partial charge in [0.15, 0.2) is 0 Å². The molecule has 1 aromatic heterocycles. The molecule has 2 rings (SSSR count). The monoisotopic (exact) mass is 385 g/mol. The molecule has 1 aromatic carbocycles. The lowest BCUT2D eigenvalue weighted by atomic mass is 10.2. The van der Waals surface area contributed by atoms with Crippen molar-refractivity contribution in [1.82, 2.24) is 4.98 Å². The second kappa shape index (κ2) is 7.63. The first kappa shape index (κ1) is 18.9. The average Bonchev–Trinajstić information content (AvgIpc) is 3.03. The van der Waals surface area contributed by atoms with Crippen LogP contribution < -0.4 is 4.90 Å². The summed E-state index contributed by atoms with van der Waals surface area (Å²) in [6, 6.07) is 4.36. The van der Waals surface area contributed by atoms with E-state index < -0.39 is 19.9 Å². The van der Waals surface area contributed by atoms with Crippen LogP contribution in [0, 0.1) is 10.1 Å². The van der Waals surface area contributed by atoms with E-state index >= 15 is 0 Å². The van der Waals surface area contributed by atoms with Crippen LogP contribution in [0.3, 0.4) is 0 Å². The van der Waals surface area contributed by atoms with Crippen molar-refractivity contribution >= 4 is 43.0 Å². The second-order valence-corrected chi connectivity index (χ2v) is 7.12. The Balaban J connectivity index is 2.42. The van der Waals surface area contributed by atoms with Crippen LogP contribution in [0.15, 0.2) is 39.5 Å². The Hall–Kier alpha value is -2.44. The standard InChI is InChI=1S/C13H15N5O5S2/c1-3-17(4-2)9-5-6-10(11(7-9)25(21,22)23)15-16-13-14-8-12(24-13)18(19)20/h5-8H,3-4H2,1-2H3,(H,21,22,23). The van der Waals surface area contributed by atoms with Crippen molar-refractivity contribution in [2.75, 3.05) is 18.0 Å². The largest absolute Gasteiger partial charge is 0.372 e. The number of azo groups is 1. The third-order valence-electron chi connectivity index (χ3n) is 3.25. The molecule has 0 atom stereocenters. The van der Waals surface area contributed by atoms with E-state index in [0.717, 1.165) is 6.20 Å². The number of aromatic nitrogens is 1. The lowest BCUT2D eigenvalue weighted by Crippen LogP contribution is -2.22. The Morgan fingerprint density at radius 1 is 1.32 bits per heavy atom. The van der Waals surface area contributed by atoms with Crippen LogP contribution in [-0.2, 0) is 10.1 Å². The lowest BCUT2D eigenvalue weighted by Gasteiger charge is -2.21. The first-order valence-electron chi connectivity index (χ1n) is 7.14. The van der Waals surface area contributed by atoms with Crippen molar-refractivity contribution in [3.63, 3.8) is 0 Å². The van der Waals surface area contributed by atoms with Gasteiger partial charge in [-0.3, -0.25) is 14.7 Å². The van der Waals surface area contributed by atoms with Gasteiger partial charge in [-0.25, -0.2) is 4.98 Å². The minimum absolute atomic E-state index is 0.000747. The Morgan fingerprint density at radius 3 is 2.52 bits per heavy atom. The molecule has 0 radical (unpaired) electrons. The van der Waals surface area contributed by atoms with Gasteiger partial charge in [0.25, 0.3) is 10.1 Å². The quantitative estimate of drug-likeness (QED) is 0.333. The Morgan fingerprint density at radius 2 is 2.00 bits per heavy atom. The smallest absolute Gasteiger partial charge is 0.345 e. The van der Waals surface area contributed by atoms with E-state index in [1.165, 1.54) is 12.1 Å². The zero-order valence-corrected chi connectivity index (χ0v) is 15.0. The van der Waals surface area contributed by atoms with Gasteiger partial charge in [0.05, 0.1) is 4.92 Å². The minimum atomic E-state index is -4.52. The van der Waals surface area contributed by atoms with Crippen LogP contribution in [0.5, 0.6) is 0 Å². The summed E-state index contributed by atoms with van der Waals surface area (Å²) < 4.78 is 32.7. The molecule has 0 saturated heterocycles. The summed E-state index contributed by atoms with van der Waals surface area (Å²) in [7, 11) is -4.52. The lowest BCUT2D eigenvalue weighted by molar-refractivity contribution is -0.380. The van der Waals surface area contributed by atoms with Crippen molar-refractivity contribution in [3.05, 3.63) is 34.5 Å². The van der Waals surface area contributed by atoms with E-state index in [9.17, 15) is 23.1 Å². The van der Waals surface area contributed by atoms with Crippen molar-refractivity contribution in [2.45, 2.75) is 18.7 Å². The third-order valence-corrected chi connectivity index (χ3v) is 4.97. The molecule has 12 heteroatoms. The molecule has 2 aromatic rings. The van der Waals surface area contributed by atoms with Gasteiger partial charge in [-0.15, -0.1) is 10.2 Å². The zero-order valence-electron chi connectivity index (χ0n) is 13.4. The van der Waals surface area contributed by atoms with E-state index in [2.05, 4.69) is 15.2 Å². The first-order valence-corrected chi connectivity index (χ1v) is 9.40. The first-order chi connectivity index (χ1) is 11.8. The number of nitrogens with zero attached hydrogens (tertiary/aromatic N) is 5. The molecule has 0 unspecified atom stereocenters. The van der Waals surface area contributed by atoms with Crippen molar-refractivity contribution < 1.29 is 17.9 Å². The molecule has 0 spiro atoms. The molecule has 134 valence electrons. The summed E-state index contributed by atoms with van der Waals surface area (Å²) in [5.74, 6) is 0. The topological polar surface area (TPSA) is 138 Å².